The summed E-state index contributed by atoms with van der Waals surface area (Å²) in [7, 11) is 0. The fraction of sp³-hybridized carbons (Fsp3) is 0.316. The van der Waals surface area contributed by atoms with Crippen LogP contribution in [-0.2, 0) is 0 Å². The largest absolute Gasteiger partial charge is 0.332 e. The van der Waals surface area contributed by atoms with Crippen molar-refractivity contribution in [3.8, 4) is 0 Å². The fourth-order valence-electron chi connectivity index (χ4n) is 3.07. The number of carbonyl (C=O) groups is 1. The lowest BCUT2D eigenvalue weighted by atomic mass is 10.0. The smallest absolute Gasteiger partial charge is 0.254 e. The highest BCUT2D eigenvalue weighted by molar-refractivity contribution is 5.95. The van der Waals surface area contributed by atoms with Gasteiger partial charge in [-0.15, -0.1) is 0 Å². The molecule has 0 aromatic heterocycles. The monoisotopic (exact) mass is 279 g/mol. The molecular formula is C19H21NO. The summed E-state index contributed by atoms with van der Waals surface area (Å²) in [6, 6.07) is 16.6. The summed E-state index contributed by atoms with van der Waals surface area (Å²) in [4.78, 5) is 14.8. The van der Waals surface area contributed by atoms with E-state index in [0.29, 0.717) is 0 Å². The molecule has 0 N–H and O–H groups in total. The molecule has 2 heteroatoms. The molecule has 0 saturated carbocycles. The van der Waals surface area contributed by atoms with Crippen molar-refractivity contribution >= 4 is 5.91 Å². The lowest BCUT2D eigenvalue weighted by Crippen LogP contribution is -2.30. The van der Waals surface area contributed by atoms with Gasteiger partial charge >= 0.3 is 0 Å². The first-order valence-electron chi connectivity index (χ1n) is 7.60. The molecule has 3 rings (SSSR count). The zero-order chi connectivity index (χ0) is 14.8. The number of amides is 1. The van der Waals surface area contributed by atoms with Crippen molar-refractivity contribution in [1.29, 1.82) is 0 Å². The minimum absolute atomic E-state index is 0.157. The molecule has 0 radical (unpaired) electrons. The standard InChI is InChI=1S/C19H21NO/c1-14-10-11-17(13-15(14)2)19(21)20-12-6-9-18(20)16-7-4-3-5-8-16/h3-5,7-8,10-11,13,18H,6,9,12H2,1-2H3/t18-/m1/s1. The molecule has 0 spiro atoms. The summed E-state index contributed by atoms with van der Waals surface area (Å²) in [5, 5.41) is 0. The Bertz CT molecular complexity index is 648. The van der Waals surface area contributed by atoms with Gasteiger partial charge in [0.2, 0.25) is 0 Å². The van der Waals surface area contributed by atoms with Gasteiger partial charge in [0.1, 0.15) is 0 Å². The summed E-state index contributed by atoms with van der Waals surface area (Å²) >= 11 is 0. The fourth-order valence-corrected chi connectivity index (χ4v) is 3.07. The first kappa shape index (κ1) is 13.9. The van der Waals surface area contributed by atoms with Gasteiger partial charge < -0.3 is 4.90 Å². The summed E-state index contributed by atoms with van der Waals surface area (Å²) in [5.41, 5.74) is 4.46. The number of aryl methyl sites for hydroxylation is 2. The van der Waals surface area contributed by atoms with E-state index in [2.05, 4.69) is 26.0 Å². The second-order valence-corrected chi connectivity index (χ2v) is 5.87. The van der Waals surface area contributed by atoms with E-state index >= 15 is 0 Å². The third-order valence-corrected chi connectivity index (χ3v) is 4.45. The average Bonchev–Trinajstić information content (AvgIpc) is 2.99. The second-order valence-electron chi connectivity index (χ2n) is 5.87. The summed E-state index contributed by atoms with van der Waals surface area (Å²) in [5.74, 6) is 0.157. The van der Waals surface area contributed by atoms with Gasteiger partial charge in [0, 0.05) is 12.1 Å². The summed E-state index contributed by atoms with van der Waals surface area (Å²) in [6.45, 7) is 4.99. The molecule has 0 bridgehead atoms. The van der Waals surface area contributed by atoms with Crippen LogP contribution in [0.15, 0.2) is 48.5 Å². The van der Waals surface area contributed by atoms with Crippen LogP contribution in [0.2, 0.25) is 0 Å². The zero-order valence-electron chi connectivity index (χ0n) is 12.7. The Balaban J connectivity index is 1.88. The van der Waals surface area contributed by atoms with Gasteiger partial charge in [-0.05, 0) is 55.5 Å². The zero-order valence-corrected chi connectivity index (χ0v) is 12.7. The lowest BCUT2D eigenvalue weighted by Gasteiger charge is -2.25. The van der Waals surface area contributed by atoms with E-state index in [0.717, 1.165) is 24.9 Å². The topological polar surface area (TPSA) is 20.3 Å². The predicted octanol–water partition coefficient (Wildman–Crippen LogP) is 4.28. The Hall–Kier alpha value is -2.09. The van der Waals surface area contributed by atoms with Crippen molar-refractivity contribution in [2.24, 2.45) is 0 Å². The van der Waals surface area contributed by atoms with Gasteiger partial charge in [-0.1, -0.05) is 36.4 Å². The maximum absolute atomic E-state index is 12.8. The Labute approximate surface area is 126 Å². The highest BCUT2D eigenvalue weighted by Gasteiger charge is 2.30. The van der Waals surface area contributed by atoms with E-state index in [1.807, 2.05) is 41.3 Å². The molecule has 0 unspecified atom stereocenters. The Kier molecular flexibility index (Phi) is 3.78. The van der Waals surface area contributed by atoms with Gasteiger partial charge in [0.15, 0.2) is 0 Å². The number of carbonyl (C=O) groups excluding carboxylic acids is 1. The molecule has 1 atom stereocenters. The van der Waals surface area contributed by atoms with Crippen LogP contribution in [0, 0.1) is 13.8 Å². The van der Waals surface area contributed by atoms with E-state index in [1.54, 1.807) is 0 Å². The molecule has 2 aromatic carbocycles. The molecule has 2 aromatic rings. The molecule has 1 aliphatic rings. The van der Waals surface area contributed by atoms with Crippen LogP contribution >= 0.6 is 0 Å². The Morgan fingerprint density at radius 3 is 2.52 bits per heavy atom. The molecule has 21 heavy (non-hydrogen) atoms. The molecule has 1 saturated heterocycles. The number of rotatable bonds is 2. The predicted molar refractivity (Wildman–Crippen MR) is 85.4 cm³/mol. The van der Waals surface area contributed by atoms with Gasteiger partial charge in [-0.2, -0.15) is 0 Å². The normalized spacial score (nSPS) is 18.0. The van der Waals surface area contributed by atoms with Crippen molar-refractivity contribution in [3.63, 3.8) is 0 Å². The molecule has 0 aliphatic carbocycles. The van der Waals surface area contributed by atoms with Gasteiger partial charge in [0.05, 0.1) is 6.04 Å². The minimum atomic E-state index is 0.157. The van der Waals surface area contributed by atoms with Crippen LogP contribution in [0.5, 0.6) is 0 Å². The van der Waals surface area contributed by atoms with Crippen molar-refractivity contribution in [2.45, 2.75) is 32.7 Å². The van der Waals surface area contributed by atoms with E-state index < -0.39 is 0 Å². The highest BCUT2D eigenvalue weighted by Crippen LogP contribution is 2.33. The lowest BCUT2D eigenvalue weighted by molar-refractivity contribution is 0.0735. The third kappa shape index (κ3) is 2.71. The van der Waals surface area contributed by atoms with Gasteiger partial charge in [-0.25, -0.2) is 0 Å². The summed E-state index contributed by atoms with van der Waals surface area (Å²) < 4.78 is 0. The van der Waals surface area contributed by atoms with Crippen LogP contribution in [0.1, 0.15) is 45.9 Å². The molecular weight excluding hydrogens is 258 g/mol. The molecule has 1 heterocycles. The molecule has 2 nitrogen and oxygen atoms in total. The average molecular weight is 279 g/mol. The van der Waals surface area contributed by atoms with E-state index in [-0.39, 0.29) is 11.9 Å². The van der Waals surface area contributed by atoms with Crippen molar-refractivity contribution in [3.05, 3.63) is 70.8 Å². The summed E-state index contributed by atoms with van der Waals surface area (Å²) in [6.07, 6.45) is 2.14. The van der Waals surface area contributed by atoms with Crippen LogP contribution in [-0.4, -0.2) is 17.4 Å². The molecule has 1 amide bonds. The molecule has 1 aliphatic heterocycles. The quantitative estimate of drug-likeness (QED) is 0.803. The van der Waals surface area contributed by atoms with Crippen LogP contribution in [0.3, 0.4) is 0 Å². The highest BCUT2D eigenvalue weighted by atomic mass is 16.2. The molecule has 1 fully saturated rings. The number of benzene rings is 2. The Morgan fingerprint density at radius 1 is 1.05 bits per heavy atom. The first-order chi connectivity index (χ1) is 10.2. The van der Waals surface area contributed by atoms with Crippen LogP contribution in [0.25, 0.3) is 0 Å². The van der Waals surface area contributed by atoms with Gasteiger partial charge in [-0.3, -0.25) is 4.79 Å². The van der Waals surface area contributed by atoms with E-state index in [9.17, 15) is 4.79 Å². The number of nitrogens with zero attached hydrogens (tertiary/aromatic N) is 1. The maximum atomic E-state index is 12.8. The SMILES string of the molecule is Cc1ccc(C(=O)N2CCC[C@@H]2c2ccccc2)cc1C. The second kappa shape index (κ2) is 5.72. The first-order valence-corrected chi connectivity index (χ1v) is 7.60. The number of hydrogen-bond donors (Lipinski definition) is 0. The maximum Gasteiger partial charge on any atom is 0.254 e. The number of hydrogen-bond acceptors (Lipinski definition) is 1. The van der Waals surface area contributed by atoms with Crippen LogP contribution < -0.4 is 0 Å². The number of likely N-dealkylation sites (tertiary alicyclic amines) is 1. The third-order valence-electron chi connectivity index (χ3n) is 4.45. The van der Waals surface area contributed by atoms with Crippen molar-refractivity contribution in [2.75, 3.05) is 6.54 Å². The molecule has 108 valence electrons. The van der Waals surface area contributed by atoms with Crippen LogP contribution in [0.4, 0.5) is 0 Å². The van der Waals surface area contributed by atoms with E-state index in [4.69, 9.17) is 0 Å². The van der Waals surface area contributed by atoms with Gasteiger partial charge in [0.25, 0.3) is 5.91 Å². The minimum Gasteiger partial charge on any atom is -0.332 e. The van der Waals surface area contributed by atoms with E-state index in [1.165, 1.54) is 16.7 Å². The Morgan fingerprint density at radius 2 is 1.81 bits per heavy atom. The van der Waals surface area contributed by atoms with Crippen molar-refractivity contribution < 1.29 is 4.79 Å². The van der Waals surface area contributed by atoms with Crippen molar-refractivity contribution in [1.82, 2.24) is 4.90 Å².